The van der Waals surface area contributed by atoms with Crippen LogP contribution in [0.15, 0.2) is 24.3 Å². The average Bonchev–Trinajstić information content (AvgIpc) is 2.47. The van der Waals surface area contributed by atoms with Crippen LogP contribution >= 0.6 is 0 Å². The number of carbonyl (C=O) groups is 1. The molecule has 4 nitrogen and oxygen atoms in total. The zero-order valence-electron chi connectivity index (χ0n) is 12.7. The van der Waals surface area contributed by atoms with Gasteiger partial charge in [0.25, 0.3) is 0 Å². The summed E-state index contributed by atoms with van der Waals surface area (Å²) in [6.07, 6.45) is 7.49. The molecular weight excluding hydrogens is 266 g/mol. The number of benzene rings is 1. The minimum Gasteiger partial charge on any atom is -0.494 e. The van der Waals surface area contributed by atoms with Gasteiger partial charge in [-0.2, -0.15) is 0 Å². The normalized spacial score (nSPS) is 11.5. The van der Waals surface area contributed by atoms with Crippen molar-refractivity contribution in [3.63, 3.8) is 0 Å². The second-order valence-corrected chi connectivity index (χ2v) is 5.02. The highest BCUT2D eigenvalue weighted by atomic mass is 16.5. The molecule has 0 saturated carbocycles. The van der Waals surface area contributed by atoms with E-state index < -0.39 is 11.9 Å². The average molecular weight is 289 g/mol. The van der Waals surface area contributed by atoms with Crippen molar-refractivity contribution in [1.82, 2.24) is 0 Å². The van der Waals surface area contributed by atoms with Gasteiger partial charge in [-0.15, -0.1) is 6.42 Å². The summed E-state index contributed by atoms with van der Waals surface area (Å²) >= 11 is 0. The predicted molar refractivity (Wildman–Crippen MR) is 84.7 cm³/mol. The number of hydrogen-bond donors (Lipinski definition) is 1. The van der Waals surface area contributed by atoms with Crippen molar-refractivity contribution in [2.75, 3.05) is 24.6 Å². The van der Waals surface area contributed by atoms with Crippen molar-refractivity contribution in [3.8, 4) is 18.1 Å². The molecule has 21 heavy (non-hydrogen) atoms. The summed E-state index contributed by atoms with van der Waals surface area (Å²) in [7, 11) is 0. The summed E-state index contributed by atoms with van der Waals surface area (Å²) in [5.41, 5.74) is 0.906. The third kappa shape index (κ3) is 5.78. The molecule has 0 saturated heterocycles. The Morgan fingerprint density at radius 3 is 2.62 bits per heavy atom. The summed E-state index contributed by atoms with van der Waals surface area (Å²) < 4.78 is 5.61. The smallest absolute Gasteiger partial charge is 0.308 e. The van der Waals surface area contributed by atoms with Crippen LogP contribution in [-0.2, 0) is 4.79 Å². The first-order chi connectivity index (χ1) is 10.1. The van der Waals surface area contributed by atoms with Crippen LogP contribution in [0, 0.1) is 18.3 Å². The fourth-order valence-electron chi connectivity index (χ4n) is 1.87. The lowest BCUT2D eigenvalue weighted by Crippen LogP contribution is -2.32. The van der Waals surface area contributed by atoms with Crippen molar-refractivity contribution in [3.05, 3.63) is 24.3 Å². The van der Waals surface area contributed by atoms with E-state index in [0.717, 1.165) is 24.3 Å². The van der Waals surface area contributed by atoms with E-state index in [0.29, 0.717) is 19.7 Å². The van der Waals surface area contributed by atoms with Gasteiger partial charge in [-0.3, -0.25) is 4.79 Å². The van der Waals surface area contributed by atoms with Crippen molar-refractivity contribution < 1.29 is 14.6 Å². The lowest BCUT2D eigenvalue weighted by molar-refractivity contribution is -0.140. The Balaban J connectivity index is 2.70. The maximum Gasteiger partial charge on any atom is 0.308 e. The third-order valence-electron chi connectivity index (χ3n) is 3.17. The minimum atomic E-state index is -0.823. The lowest BCUT2D eigenvalue weighted by Gasteiger charge is -2.24. The number of ether oxygens (including phenoxy) is 1. The van der Waals surface area contributed by atoms with Crippen molar-refractivity contribution in [1.29, 1.82) is 0 Å². The van der Waals surface area contributed by atoms with E-state index in [1.165, 1.54) is 0 Å². The maximum atomic E-state index is 11.0. The van der Waals surface area contributed by atoms with Crippen LogP contribution in [0.4, 0.5) is 5.69 Å². The molecule has 1 aromatic rings. The number of carboxylic acid groups (broad SMARTS) is 1. The van der Waals surface area contributed by atoms with Crippen molar-refractivity contribution in [2.24, 2.45) is 5.92 Å². The zero-order chi connectivity index (χ0) is 15.7. The molecule has 0 radical (unpaired) electrons. The molecule has 0 aliphatic heterocycles. The fourth-order valence-corrected chi connectivity index (χ4v) is 1.87. The van der Waals surface area contributed by atoms with Crippen LogP contribution in [-0.4, -0.2) is 30.8 Å². The van der Waals surface area contributed by atoms with Crippen molar-refractivity contribution >= 4 is 11.7 Å². The SMILES string of the molecule is C#CCN(CC(C)C(=O)O)c1ccc(OCCCC)cc1. The van der Waals surface area contributed by atoms with Gasteiger partial charge >= 0.3 is 5.97 Å². The largest absolute Gasteiger partial charge is 0.494 e. The van der Waals surface area contributed by atoms with Crippen LogP contribution in [0.25, 0.3) is 0 Å². The number of nitrogens with zero attached hydrogens (tertiary/aromatic N) is 1. The minimum absolute atomic E-state index is 0.383. The van der Waals surface area contributed by atoms with E-state index in [1.807, 2.05) is 29.2 Å². The molecule has 1 aromatic carbocycles. The van der Waals surface area contributed by atoms with Gasteiger partial charge in [0, 0.05) is 12.2 Å². The summed E-state index contributed by atoms with van der Waals surface area (Å²) in [5, 5.41) is 9.01. The van der Waals surface area contributed by atoms with E-state index in [-0.39, 0.29) is 0 Å². The molecule has 1 N–H and O–H groups in total. The van der Waals surface area contributed by atoms with Crippen LogP contribution in [0.3, 0.4) is 0 Å². The van der Waals surface area contributed by atoms with Crippen LogP contribution in [0.1, 0.15) is 26.7 Å². The number of rotatable bonds is 9. The summed E-state index contributed by atoms with van der Waals surface area (Å²) in [5.74, 6) is 2.09. The Morgan fingerprint density at radius 2 is 2.10 bits per heavy atom. The van der Waals surface area contributed by atoms with E-state index in [4.69, 9.17) is 16.3 Å². The zero-order valence-corrected chi connectivity index (χ0v) is 12.7. The van der Waals surface area contributed by atoms with Gasteiger partial charge in [0.1, 0.15) is 5.75 Å². The van der Waals surface area contributed by atoms with Gasteiger partial charge in [-0.1, -0.05) is 26.2 Å². The number of aliphatic carboxylic acids is 1. The highest BCUT2D eigenvalue weighted by Crippen LogP contribution is 2.20. The van der Waals surface area contributed by atoms with Gasteiger partial charge in [0.15, 0.2) is 0 Å². The fraction of sp³-hybridized carbons (Fsp3) is 0.471. The van der Waals surface area contributed by atoms with Gasteiger partial charge < -0.3 is 14.7 Å². The molecule has 0 aliphatic rings. The number of unbranched alkanes of at least 4 members (excludes halogenated alkanes) is 1. The quantitative estimate of drug-likeness (QED) is 0.561. The summed E-state index contributed by atoms with van der Waals surface area (Å²) in [6.45, 7) is 5.27. The Kier molecular flexibility index (Phi) is 7.17. The van der Waals surface area contributed by atoms with E-state index in [9.17, 15) is 4.79 Å². The van der Waals surface area contributed by atoms with E-state index in [2.05, 4.69) is 12.8 Å². The number of anilines is 1. The number of terminal acetylenes is 1. The standard InChI is InChI=1S/C17H23NO3/c1-4-6-12-21-16-9-7-15(8-10-16)18(11-5-2)13-14(3)17(19)20/h2,7-10,14H,4,6,11-13H2,1,3H3,(H,19,20). The number of hydrogen-bond acceptors (Lipinski definition) is 3. The highest BCUT2D eigenvalue weighted by molar-refractivity contribution is 5.70. The summed E-state index contributed by atoms with van der Waals surface area (Å²) in [4.78, 5) is 12.9. The molecule has 0 aliphatic carbocycles. The number of carboxylic acids is 1. The molecule has 114 valence electrons. The Labute approximate surface area is 126 Å². The molecule has 1 unspecified atom stereocenters. The van der Waals surface area contributed by atoms with E-state index >= 15 is 0 Å². The first-order valence-electron chi connectivity index (χ1n) is 7.22. The first kappa shape index (κ1) is 16.9. The molecule has 4 heteroatoms. The van der Waals surface area contributed by atoms with E-state index in [1.54, 1.807) is 6.92 Å². The molecule has 1 rings (SSSR count). The predicted octanol–water partition coefficient (Wildman–Crippen LogP) is 3.03. The first-order valence-corrected chi connectivity index (χ1v) is 7.22. The molecule has 0 spiro atoms. The monoisotopic (exact) mass is 289 g/mol. The highest BCUT2D eigenvalue weighted by Gasteiger charge is 2.16. The van der Waals surface area contributed by atoms with Crippen LogP contribution in [0.5, 0.6) is 5.75 Å². The molecule has 0 heterocycles. The van der Waals surface area contributed by atoms with Gasteiger partial charge in [0.05, 0.1) is 19.1 Å². The third-order valence-corrected chi connectivity index (χ3v) is 3.17. The molecule has 0 fully saturated rings. The van der Waals surface area contributed by atoms with Crippen molar-refractivity contribution in [2.45, 2.75) is 26.7 Å². The van der Waals surface area contributed by atoms with Gasteiger partial charge in [-0.25, -0.2) is 0 Å². The van der Waals surface area contributed by atoms with Gasteiger partial charge in [-0.05, 0) is 30.7 Å². The second-order valence-electron chi connectivity index (χ2n) is 5.02. The molecule has 0 amide bonds. The maximum absolute atomic E-state index is 11.0. The molecule has 1 atom stereocenters. The lowest BCUT2D eigenvalue weighted by atomic mass is 10.1. The summed E-state index contributed by atoms with van der Waals surface area (Å²) in [6, 6.07) is 7.60. The molecule has 0 aromatic heterocycles. The topological polar surface area (TPSA) is 49.8 Å². The molecule has 0 bridgehead atoms. The molecular formula is C17H23NO3. The van der Waals surface area contributed by atoms with Gasteiger partial charge in [0.2, 0.25) is 0 Å². The Bertz CT molecular complexity index is 476. The Morgan fingerprint density at radius 1 is 1.43 bits per heavy atom. The van der Waals surface area contributed by atoms with Crippen LogP contribution < -0.4 is 9.64 Å². The van der Waals surface area contributed by atoms with Crippen LogP contribution in [0.2, 0.25) is 0 Å². The Hall–Kier alpha value is -2.15. The second kappa shape index (κ2) is 8.91.